The first-order valence-electron chi connectivity index (χ1n) is 7.97. The Kier molecular flexibility index (Phi) is 5.74. The number of hydrogen-bond donors (Lipinski definition) is 0. The molecule has 1 fully saturated rings. The molecular formula is C18H26O2S. The number of benzene rings is 1. The van der Waals surface area contributed by atoms with Gasteiger partial charge in [0.1, 0.15) is 0 Å². The molecule has 0 bridgehead atoms. The van der Waals surface area contributed by atoms with Crippen molar-refractivity contribution in [1.82, 2.24) is 0 Å². The molecule has 1 aliphatic rings. The van der Waals surface area contributed by atoms with Crippen LogP contribution >= 0.6 is 0 Å². The molecule has 2 rings (SSSR count). The Morgan fingerprint density at radius 1 is 1.24 bits per heavy atom. The molecule has 0 saturated heterocycles. The van der Waals surface area contributed by atoms with Crippen LogP contribution < -0.4 is 0 Å². The van der Waals surface area contributed by atoms with Gasteiger partial charge in [0.25, 0.3) is 0 Å². The molecule has 1 aromatic carbocycles. The molecule has 1 saturated carbocycles. The summed E-state index contributed by atoms with van der Waals surface area (Å²) in [5.41, 5.74) is 1.92. The summed E-state index contributed by atoms with van der Waals surface area (Å²) in [5, 5.41) is 0.215. The monoisotopic (exact) mass is 306 g/mol. The van der Waals surface area contributed by atoms with Crippen molar-refractivity contribution >= 4 is 16.6 Å². The van der Waals surface area contributed by atoms with Crippen molar-refractivity contribution in [2.45, 2.75) is 57.6 Å². The highest BCUT2D eigenvalue weighted by Gasteiger charge is 2.25. The summed E-state index contributed by atoms with van der Waals surface area (Å²) in [6.07, 6.45) is 4.40. The average molecular weight is 306 g/mol. The third-order valence-corrected chi connectivity index (χ3v) is 6.15. The number of Topliss-reactive ketones (excluding diaryl/α,β-unsaturated/α-hetero) is 1. The van der Waals surface area contributed by atoms with Gasteiger partial charge in [0.2, 0.25) is 0 Å². The minimum absolute atomic E-state index is 0.0156. The van der Waals surface area contributed by atoms with Crippen LogP contribution in [-0.2, 0) is 10.8 Å². The quantitative estimate of drug-likeness (QED) is 0.759. The van der Waals surface area contributed by atoms with Gasteiger partial charge in [-0.3, -0.25) is 9.00 Å². The minimum atomic E-state index is -1.02. The fourth-order valence-electron chi connectivity index (χ4n) is 3.00. The molecule has 3 heteroatoms. The molecule has 3 unspecified atom stereocenters. The summed E-state index contributed by atoms with van der Waals surface area (Å²) >= 11 is 0. The second-order valence-electron chi connectivity index (χ2n) is 6.62. The zero-order valence-corrected chi connectivity index (χ0v) is 14.1. The Bertz CT molecular complexity index is 504. The number of carbonyl (C=O) groups excluding carboxylic acids is 1. The Labute approximate surface area is 130 Å². The number of ketones is 1. The fraction of sp³-hybridized carbons (Fsp3) is 0.611. The number of rotatable bonds is 5. The molecule has 1 aromatic rings. The lowest BCUT2D eigenvalue weighted by Gasteiger charge is -2.25. The van der Waals surface area contributed by atoms with E-state index in [1.807, 2.05) is 24.3 Å². The molecule has 0 amide bonds. The van der Waals surface area contributed by atoms with E-state index in [0.29, 0.717) is 17.4 Å². The summed E-state index contributed by atoms with van der Waals surface area (Å²) in [6, 6.07) is 7.75. The Morgan fingerprint density at radius 2 is 1.90 bits per heavy atom. The molecule has 3 atom stereocenters. The van der Waals surface area contributed by atoms with E-state index in [4.69, 9.17) is 0 Å². The van der Waals surface area contributed by atoms with Gasteiger partial charge < -0.3 is 0 Å². The van der Waals surface area contributed by atoms with Gasteiger partial charge in [-0.2, -0.15) is 0 Å². The van der Waals surface area contributed by atoms with Crippen LogP contribution in [-0.4, -0.2) is 21.0 Å². The van der Waals surface area contributed by atoms with Crippen molar-refractivity contribution in [2.75, 3.05) is 5.75 Å². The molecule has 0 radical (unpaired) electrons. The average Bonchev–Trinajstić information content (AvgIpc) is 2.47. The maximum Gasteiger partial charge on any atom is 0.175 e. The third-order valence-electron chi connectivity index (χ3n) is 4.43. The van der Waals surface area contributed by atoms with Crippen LogP contribution in [0.2, 0.25) is 0 Å². The number of carbonyl (C=O) groups is 1. The first kappa shape index (κ1) is 16.4. The van der Waals surface area contributed by atoms with Crippen LogP contribution in [0.3, 0.4) is 0 Å². The van der Waals surface area contributed by atoms with E-state index in [2.05, 4.69) is 20.8 Å². The van der Waals surface area contributed by atoms with Crippen molar-refractivity contribution in [3.63, 3.8) is 0 Å². The number of hydrogen-bond acceptors (Lipinski definition) is 2. The predicted molar refractivity (Wildman–Crippen MR) is 89.3 cm³/mol. The molecule has 1 aliphatic carbocycles. The maximum atomic E-state index is 12.4. The highest BCUT2D eigenvalue weighted by molar-refractivity contribution is 7.86. The molecule has 0 aromatic heterocycles. The van der Waals surface area contributed by atoms with Crippen molar-refractivity contribution in [2.24, 2.45) is 5.92 Å². The van der Waals surface area contributed by atoms with Gasteiger partial charge in [-0.05, 0) is 30.2 Å². The fourth-order valence-corrected chi connectivity index (χ4v) is 4.64. The van der Waals surface area contributed by atoms with E-state index < -0.39 is 10.8 Å². The molecule has 2 nitrogen and oxygen atoms in total. The lowest BCUT2D eigenvalue weighted by Crippen LogP contribution is -2.27. The zero-order chi connectivity index (χ0) is 15.4. The molecule has 0 N–H and O–H groups in total. The zero-order valence-electron chi connectivity index (χ0n) is 13.3. The largest absolute Gasteiger partial charge is 0.293 e. The van der Waals surface area contributed by atoms with Gasteiger partial charge >= 0.3 is 0 Å². The Hall–Kier alpha value is -0.960. The Morgan fingerprint density at radius 3 is 2.48 bits per heavy atom. The molecule has 0 aliphatic heterocycles. The van der Waals surface area contributed by atoms with E-state index in [-0.39, 0.29) is 16.8 Å². The van der Waals surface area contributed by atoms with Gasteiger partial charge in [0, 0.05) is 21.6 Å². The maximum absolute atomic E-state index is 12.4. The summed E-state index contributed by atoms with van der Waals surface area (Å²) in [7, 11) is -1.02. The molecule has 0 heterocycles. The third kappa shape index (κ3) is 4.50. The van der Waals surface area contributed by atoms with Gasteiger partial charge in [-0.25, -0.2) is 0 Å². The molecule has 0 spiro atoms. The standard InChI is InChI=1S/C18H26O2S/c1-13(2)15-7-9-16(10-8-15)18(19)12-21(20)17-6-4-5-14(3)11-17/h7-10,13-14,17H,4-6,11-12H2,1-3H3. The first-order valence-corrected chi connectivity index (χ1v) is 9.36. The summed E-state index contributed by atoms with van der Waals surface area (Å²) in [5.74, 6) is 1.31. The lowest BCUT2D eigenvalue weighted by molar-refractivity contribution is 0.102. The van der Waals surface area contributed by atoms with Crippen LogP contribution in [0.25, 0.3) is 0 Å². The lowest BCUT2D eigenvalue weighted by atomic mass is 9.91. The first-order chi connectivity index (χ1) is 9.97. The summed E-state index contributed by atoms with van der Waals surface area (Å²) in [4.78, 5) is 12.3. The van der Waals surface area contributed by atoms with E-state index in [9.17, 15) is 9.00 Å². The van der Waals surface area contributed by atoms with E-state index in [1.54, 1.807) is 0 Å². The molecule has 21 heavy (non-hydrogen) atoms. The van der Waals surface area contributed by atoms with Crippen LogP contribution in [0.1, 0.15) is 68.3 Å². The summed E-state index contributed by atoms with van der Waals surface area (Å²) < 4.78 is 12.4. The van der Waals surface area contributed by atoms with Crippen LogP contribution in [0, 0.1) is 5.92 Å². The smallest absolute Gasteiger partial charge is 0.175 e. The molecular weight excluding hydrogens is 280 g/mol. The normalized spacial score (nSPS) is 24.0. The van der Waals surface area contributed by atoms with Crippen molar-refractivity contribution < 1.29 is 9.00 Å². The molecule has 116 valence electrons. The minimum Gasteiger partial charge on any atom is -0.293 e. The van der Waals surface area contributed by atoms with E-state index in [1.165, 1.54) is 12.0 Å². The van der Waals surface area contributed by atoms with Gasteiger partial charge in [0.05, 0.1) is 5.75 Å². The highest BCUT2D eigenvalue weighted by atomic mass is 32.2. The van der Waals surface area contributed by atoms with Gasteiger partial charge in [0.15, 0.2) is 5.78 Å². The van der Waals surface area contributed by atoms with Crippen molar-refractivity contribution in [3.8, 4) is 0 Å². The Balaban J connectivity index is 1.95. The topological polar surface area (TPSA) is 34.1 Å². The van der Waals surface area contributed by atoms with Crippen molar-refractivity contribution in [1.29, 1.82) is 0 Å². The second-order valence-corrected chi connectivity index (χ2v) is 8.34. The van der Waals surface area contributed by atoms with Crippen molar-refractivity contribution in [3.05, 3.63) is 35.4 Å². The van der Waals surface area contributed by atoms with E-state index >= 15 is 0 Å². The van der Waals surface area contributed by atoms with Crippen LogP contribution in [0.15, 0.2) is 24.3 Å². The van der Waals surface area contributed by atoms with Crippen LogP contribution in [0.5, 0.6) is 0 Å². The predicted octanol–water partition coefficient (Wildman–Crippen LogP) is 4.32. The second kappa shape index (κ2) is 7.35. The van der Waals surface area contributed by atoms with Crippen LogP contribution in [0.4, 0.5) is 0 Å². The SMILES string of the molecule is CC1CCCC(S(=O)CC(=O)c2ccc(C(C)C)cc2)C1. The van der Waals surface area contributed by atoms with E-state index in [0.717, 1.165) is 19.3 Å². The summed E-state index contributed by atoms with van der Waals surface area (Å²) in [6.45, 7) is 6.49. The van der Waals surface area contributed by atoms with Gasteiger partial charge in [-0.1, -0.05) is 57.9 Å². The van der Waals surface area contributed by atoms with Gasteiger partial charge in [-0.15, -0.1) is 0 Å². The highest BCUT2D eigenvalue weighted by Crippen LogP contribution is 2.27.